The van der Waals surface area contributed by atoms with Gasteiger partial charge in [0, 0.05) is 13.1 Å². The number of carbonyl (C=O) groups is 2. The number of rotatable bonds is 11. The first-order valence-electron chi connectivity index (χ1n) is 10.7. The Labute approximate surface area is 191 Å². The highest BCUT2D eigenvalue weighted by atomic mass is 35.5. The van der Waals surface area contributed by atoms with Crippen molar-refractivity contribution < 1.29 is 14.3 Å². The van der Waals surface area contributed by atoms with Crippen LogP contribution >= 0.6 is 11.6 Å². The summed E-state index contributed by atoms with van der Waals surface area (Å²) in [5.41, 5.74) is 4.78. The lowest BCUT2D eigenvalue weighted by atomic mass is 10.2. The van der Waals surface area contributed by atoms with E-state index in [-0.39, 0.29) is 28.6 Å². The number of nitrogens with one attached hydrogen (secondary N) is 1. The van der Waals surface area contributed by atoms with E-state index in [0.29, 0.717) is 19.4 Å². The van der Waals surface area contributed by atoms with Gasteiger partial charge in [-0.3, -0.25) is 19.1 Å². The highest BCUT2D eigenvalue weighted by Crippen LogP contribution is 2.20. The second-order valence-electron chi connectivity index (χ2n) is 7.31. The molecule has 10 heteroatoms. The molecule has 0 atom stereocenters. The molecule has 1 heterocycles. The van der Waals surface area contributed by atoms with Crippen LogP contribution in [0.25, 0.3) is 0 Å². The fraction of sp³-hybridized carbons (Fsp3) is 0.455. The maximum atomic E-state index is 13.0. The van der Waals surface area contributed by atoms with Gasteiger partial charge in [-0.2, -0.15) is 0 Å². The summed E-state index contributed by atoms with van der Waals surface area (Å²) in [5.74, 6) is -1.47. The van der Waals surface area contributed by atoms with Crippen LogP contribution in [0, 0.1) is 0 Å². The first-order chi connectivity index (χ1) is 15.3. The van der Waals surface area contributed by atoms with Crippen molar-refractivity contribution >= 4 is 35.0 Å². The van der Waals surface area contributed by atoms with Crippen molar-refractivity contribution in [2.45, 2.75) is 52.5 Å². The topological polar surface area (TPSA) is 127 Å². The minimum absolute atomic E-state index is 0.0884. The molecule has 0 saturated carbocycles. The number of benzene rings is 1. The van der Waals surface area contributed by atoms with Gasteiger partial charge in [-0.1, -0.05) is 56.8 Å². The molecule has 174 valence electrons. The maximum absolute atomic E-state index is 13.0. The van der Waals surface area contributed by atoms with Gasteiger partial charge in [0.2, 0.25) is 0 Å². The zero-order valence-corrected chi connectivity index (χ0v) is 19.1. The number of ether oxygens (including phenoxy) is 1. The zero-order valence-electron chi connectivity index (χ0n) is 18.4. The number of halogens is 1. The fourth-order valence-corrected chi connectivity index (χ4v) is 3.38. The zero-order chi connectivity index (χ0) is 23.7. The number of anilines is 2. The number of nitrogens with zero attached hydrogens (tertiary/aromatic N) is 2. The van der Waals surface area contributed by atoms with Crippen molar-refractivity contribution in [3.63, 3.8) is 0 Å². The van der Waals surface area contributed by atoms with Crippen LogP contribution in [-0.2, 0) is 16.1 Å². The van der Waals surface area contributed by atoms with Gasteiger partial charge in [-0.15, -0.1) is 0 Å². The number of H-pyrrole nitrogens is 1. The van der Waals surface area contributed by atoms with E-state index in [2.05, 4.69) is 4.98 Å². The second kappa shape index (κ2) is 12.1. The number of esters is 1. The van der Waals surface area contributed by atoms with Crippen molar-refractivity contribution in [1.82, 2.24) is 9.55 Å². The molecule has 0 radical (unpaired) electrons. The SMILES string of the molecule is CCCCCN(C(=O)COC(=O)c1ccccc1Cl)c1c(N)n(CCCC)c(=O)[nH]c1=O. The molecule has 0 aliphatic rings. The number of carbonyl (C=O) groups excluding carboxylic acids is 2. The largest absolute Gasteiger partial charge is 0.452 e. The summed E-state index contributed by atoms with van der Waals surface area (Å²) in [6.07, 6.45) is 3.81. The van der Waals surface area contributed by atoms with Gasteiger partial charge in [0.15, 0.2) is 12.3 Å². The van der Waals surface area contributed by atoms with Crippen molar-refractivity contribution in [3.8, 4) is 0 Å². The van der Waals surface area contributed by atoms with E-state index in [0.717, 1.165) is 19.3 Å². The van der Waals surface area contributed by atoms with E-state index < -0.39 is 29.7 Å². The van der Waals surface area contributed by atoms with E-state index in [1.54, 1.807) is 12.1 Å². The Kier molecular flexibility index (Phi) is 9.52. The highest BCUT2D eigenvalue weighted by molar-refractivity contribution is 6.33. The van der Waals surface area contributed by atoms with Gasteiger partial charge < -0.3 is 15.4 Å². The van der Waals surface area contributed by atoms with Crippen LogP contribution in [0.4, 0.5) is 11.5 Å². The Hall–Kier alpha value is -3.07. The summed E-state index contributed by atoms with van der Waals surface area (Å²) >= 11 is 6.00. The minimum atomic E-state index is -0.762. The summed E-state index contributed by atoms with van der Waals surface area (Å²) in [7, 11) is 0. The minimum Gasteiger partial charge on any atom is -0.452 e. The summed E-state index contributed by atoms with van der Waals surface area (Å²) in [6.45, 7) is 3.85. The molecule has 1 aromatic heterocycles. The molecule has 0 aliphatic carbocycles. The number of unbranched alkanes of at least 4 members (excludes halogenated alkanes) is 3. The van der Waals surface area contributed by atoms with Gasteiger partial charge in [0.25, 0.3) is 11.5 Å². The quantitative estimate of drug-likeness (QED) is 0.388. The monoisotopic (exact) mass is 464 g/mol. The smallest absolute Gasteiger partial charge is 0.340 e. The first kappa shape index (κ1) is 25.2. The molecule has 32 heavy (non-hydrogen) atoms. The van der Waals surface area contributed by atoms with Crippen LogP contribution in [0.3, 0.4) is 0 Å². The molecular formula is C22H29ClN4O5. The molecule has 2 rings (SSSR count). The van der Waals surface area contributed by atoms with E-state index in [1.165, 1.54) is 21.6 Å². The summed E-state index contributed by atoms with van der Waals surface area (Å²) in [5, 5.41) is 0.202. The summed E-state index contributed by atoms with van der Waals surface area (Å²) < 4.78 is 6.39. The Balaban J connectivity index is 2.32. The third kappa shape index (κ3) is 6.23. The Morgan fingerprint density at radius 2 is 1.81 bits per heavy atom. The van der Waals surface area contributed by atoms with Gasteiger partial charge in [-0.25, -0.2) is 9.59 Å². The standard InChI is InChI=1S/C22H29ClN4O5/c1-3-5-9-13-26(17(28)14-32-21(30)15-10-7-8-11-16(15)23)18-19(24)27(12-6-4-2)22(31)25-20(18)29/h7-8,10-11H,3-6,9,12-14,24H2,1-2H3,(H,25,29,31). The Bertz CT molecular complexity index is 1060. The highest BCUT2D eigenvalue weighted by Gasteiger charge is 2.25. The predicted molar refractivity (Wildman–Crippen MR) is 124 cm³/mol. The second-order valence-corrected chi connectivity index (χ2v) is 7.71. The van der Waals surface area contributed by atoms with Crippen LogP contribution in [0.1, 0.15) is 56.3 Å². The normalized spacial score (nSPS) is 10.7. The van der Waals surface area contributed by atoms with Crippen LogP contribution in [0.2, 0.25) is 5.02 Å². The molecule has 0 aliphatic heterocycles. The maximum Gasteiger partial charge on any atom is 0.340 e. The number of hydrogen-bond donors (Lipinski definition) is 2. The number of amides is 1. The molecule has 0 bridgehead atoms. The van der Waals surface area contributed by atoms with Crippen LogP contribution in [-0.4, -0.2) is 34.6 Å². The van der Waals surface area contributed by atoms with Crippen molar-refractivity contribution in [2.24, 2.45) is 0 Å². The van der Waals surface area contributed by atoms with Crippen LogP contribution in [0.5, 0.6) is 0 Å². The van der Waals surface area contributed by atoms with Gasteiger partial charge in [0.05, 0.1) is 10.6 Å². The predicted octanol–water partition coefficient (Wildman–Crippen LogP) is 2.95. The molecule has 0 fully saturated rings. The van der Waals surface area contributed by atoms with E-state index in [4.69, 9.17) is 22.1 Å². The fourth-order valence-electron chi connectivity index (χ4n) is 3.17. The van der Waals surface area contributed by atoms with Crippen molar-refractivity contribution in [1.29, 1.82) is 0 Å². The third-order valence-corrected chi connectivity index (χ3v) is 5.26. The van der Waals surface area contributed by atoms with Gasteiger partial charge >= 0.3 is 11.7 Å². The molecule has 0 saturated heterocycles. The van der Waals surface area contributed by atoms with Crippen LogP contribution < -0.4 is 21.9 Å². The molecule has 9 nitrogen and oxygen atoms in total. The molecule has 3 N–H and O–H groups in total. The Morgan fingerprint density at radius 1 is 1.12 bits per heavy atom. The number of nitrogen functional groups attached to an aromatic ring is 1. The lowest BCUT2D eigenvalue weighted by Gasteiger charge is -2.24. The van der Waals surface area contributed by atoms with E-state index >= 15 is 0 Å². The average Bonchev–Trinajstić information content (AvgIpc) is 2.76. The van der Waals surface area contributed by atoms with Gasteiger partial charge in [-0.05, 0) is 25.0 Å². The van der Waals surface area contributed by atoms with Crippen LogP contribution in [0.15, 0.2) is 33.9 Å². The molecular weight excluding hydrogens is 436 g/mol. The van der Waals surface area contributed by atoms with Crippen molar-refractivity contribution in [2.75, 3.05) is 23.8 Å². The van der Waals surface area contributed by atoms with E-state index in [9.17, 15) is 19.2 Å². The van der Waals surface area contributed by atoms with Gasteiger partial charge in [0.1, 0.15) is 5.82 Å². The number of hydrogen-bond acceptors (Lipinski definition) is 6. The summed E-state index contributed by atoms with van der Waals surface area (Å²) in [6, 6.07) is 6.32. The third-order valence-electron chi connectivity index (χ3n) is 4.93. The lowest BCUT2D eigenvalue weighted by Crippen LogP contribution is -2.43. The molecule has 1 aromatic carbocycles. The number of aromatic nitrogens is 2. The first-order valence-corrected chi connectivity index (χ1v) is 11.0. The molecule has 2 aromatic rings. The number of nitrogens with two attached hydrogens (primary N) is 1. The average molecular weight is 465 g/mol. The molecule has 1 amide bonds. The Morgan fingerprint density at radius 3 is 2.47 bits per heavy atom. The van der Waals surface area contributed by atoms with E-state index in [1.807, 2.05) is 13.8 Å². The lowest BCUT2D eigenvalue weighted by molar-refractivity contribution is -0.121. The number of aromatic amines is 1. The summed E-state index contributed by atoms with van der Waals surface area (Å²) in [4.78, 5) is 53.6. The molecule has 0 unspecified atom stereocenters. The van der Waals surface area contributed by atoms with Crippen molar-refractivity contribution in [3.05, 3.63) is 55.7 Å². The molecule has 0 spiro atoms.